The summed E-state index contributed by atoms with van der Waals surface area (Å²) in [6.07, 6.45) is 1.22. The molecule has 0 bridgehead atoms. The Balaban J connectivity index is 1.91. The van der Waals surface area contributed by atoms with Crippen molar-refractivity contribution in [1.82, 2.24) is 14.9 Å². The Bertz CT molecular complexity index is 1150. The average molecular weight is 442 g/mol. The number of aryl methyl sites for hydroxylation is 1. The molecule has 1 aromatic heterocycles. The van der Waals surface area contributed by atoms with Crippen LogP contribution in [0, 0.1) is 23.7 Å². The Morgan fingerprint density at radius 3 is 2.52 bits per heavy atom. The largest absolute Gasteiger partial charge is 0.336 e. The van der Waals surface area contributed by atoms with E-state index < -0.39 is 22.4 Å². The highest BCUT2D eigenvalue weighted by atomic mass is 35.5. The topological polar surface area (TPSA) is 117 Å². The number of anilines is 1. The summed E-state index contributed by atoms with van der Waals surface area (Å²) in [5.41, 5.74) is -0.495. The third kappa shape index (κ3) is 5.12. The van der Waals surface area contributed by atoms with E-state index in [1.54, 1.807) is 45.9 Å². The molecule has 2 amide bonds. The van der Waals surface area contributed by atoms with E-state index in [9.17, 15) is 14.4 Å². The monoisotopic (exact) mass is 441 g/mol. The van der Waals surface area contributed by atoms with Gasteiger partial charge >= 0.3 is 0 Å². The fourth-order valence-electron chi connectivity index (χ4n) is 2.94. The van der Waals surface area contributed by atoms with E-state index in [0.29, 0.717) is 40.6 Å². The predicted molar refractivity (Wildman–Crippen MR) is 117 cm³/mol. The number of aromatic nitrogens is 2. The van der Waals surface area contributed by atoms with E-state index in [2.05, 4.69) is 21.7 Å². The maximum atomic E-state index is 12.7. The fraction of sp³-hybridized carbons (Fsp3) is 0.409. The number of carbonyl (C=O) groups is 2. The number of rotatable bonds is 5. The number of benzene rings is 1. The predicted octanol–water partition coefficient (Wildman–Crippen LogP) is 3.03. The number of nitrogens with one attached hydrogen (secondary N) is 2. The van der Waals surface area contributed by atoms with Crippen molar-refractivity contribution in [2.24, 2.45) is 5.41 Å². The van der Waals surface area contributed by atoms with Crippen molar-refractivity contribution in [3.05, 3.63) is 45.5 Å². The van der Waals surface area contributed by atoms with Gasteiger partial charge in [0.25, 0.3) is 5.56 Å². The zero-order valence-corrected chi connectivity index (χ0v) is 18.6. The lowest BCUT2D eigenvalue weighted by Gasteiger charge is -2.20. The smallest absolute Gasteiger partial charge is 0.254 e. The molecule has 3 rings (SSSR count). The van der Waals surface area contributed by atoms with Crippen LogP contribution in [0.1, 0.15) is 39.4 Å². The molecule has 0 spiro atoms. The molecule has 2 aromatic rings. The number of halogens is 1. The number of carbonyl (C=O) groups excluding carboxylic acids is 2. The van der Waals surface area contributed by atoms with Gasteiger partial charge in [-0.3, -0.25) is 19.0 Å². The van der Waals surface area contributed by atoms with Gasteiger partial charge < -0.3 is 10.6 Å². The number of nitriles is 1. The Kier molecular flexibility index (Phi) is 5.92. The van der Waals surface area contributed by atoms with E-state index >= 15 is 0 Å². The van der Waals surface area contributed by atoms with Crippen LogP contribution in [0.15, 0.2) is 29.1 Å². The molecule has 0 radical (unpaired) electrons. The third-order valence-electron chi connectivity index (χ3n) is 5.03. The van der Waals surface area contributed by atoms with Crippen molar-refractivity contribution >= 4 is 29.1 Å². The highest BCUT2D eigenvalue weighted by Gasteiger charge is 2.44. The van der Waals surface area contributed by atoms with Gasteiger partial charge in [-0.25, -0.2) is 4.98 Å². The molecular formula is C22H24ClN5O3. The Morgan fingerprint density at radius 2 is 1.97 bits per heavy atom. The molecule has 9 heteroatoms. The van der Waals surface area contributed by atoms with Crippen LogP contribution in [-0.2, 0) is 16.1 Å². The maximum absolute atomic E-state index is 12.7. The third-order valence-corrected chi connectivity index (χ3v) is 5.27. The van der Waals surface area contributed by atoms with E-state index in [0.717, 1.165) is 0 Å². The van der Waals surface area contributed by atoms with E-state index in [1.807, 2.05) is 0 Å². The van der Waals surface area contributed by atoms with Gasteiger partial charge in [0.1, 0.15) is 17.9 Å². The van der Waals surface area contributed by atoms with Crippen LogP contribution in [0.4, 0.5) is 5.69 Å². The first-order valence-electron chi connectivity index (χ1n) is 9.86. The molecular weight excluding hydrogens is 418 g/mol. The molecule has 1 aliphatic rings. The van der Waals surface area contributed by atoms with E-state index in [-0.39, 0.29) is 12.5 Å². The Morgan fingerprint density at radius 1 is 1.29 bits per heavy atom. The fourth-order valence-corrected chi connectivity index (χ4v) is 3.12. The molecule has 2 N–H and O–H groups in total. The van der Waals surface area contributed by atoms with Gasteiger partial charge in [-0.05, 0) is 38.0 Å². The summed E-state index contributed by atoms with van der Waals surface area (Å²) in [5.74, 6) is -0.282. The van der Waals surface area contributed by atoms with Crippen LogP contribution in [0.2, 0.25) is 5.02 Å². The van der Waals surface area contributed by atoms with Crippen molar-refractivity contribution < 1.29 is 9.59 Å². The van der Waals surface area contributed by atoms with Gasteiger partial charge in [-0.15, -0.1) is 0 Å². The summed E-state index contributed by atoms with van der Waals surface area (Å²) >= 11 is 6.11. The molecule has 1 aliphatic carbocycles. The molecule has 1 aromatic carbocycles. The molecule has 1 heterocycles. The van der Waals surface area contributed by atoms with Crippen LogP contribution < -0.4 is 16.2 Å². The molecule has 0 unspecified atom stereocenters. The van der Waals surface area contributed by atoms with Crippen LogP contribution in [0.3, 0.4) is 0 Å². The van der Waals surface area contributed by atoms with Gasteiger partial charge in [0, 0.05) is 22.1 Å². The lowest BCUT2D eigenvalue weighted by Crippen LogP contribution is -2.40. The van der Waals surface area contributed by atoms with Crippen molar-refractivity contribution in [2.75, 3.05) is 5.32 Å². The lowest BCUT2D eigenvalue weighted by molar-refractivity contribution is -0.123. The minimum Gasteiger partial charge on any atom is -0.336 e. The first-order chi connectivity index (χ1) is 14.4. The van der Waals surface area contributed by atoms with Crippen molar-refractivity contribution in [3.8, 4) is 17.3 Å². The van der Waals surface area contributed by atoms with Crippen LogP contribution in [-0.4, -0.2) is 26.9 Å². The number of hydrogen-bond acceptors (Lipinski definition) is 5. The maximum Gasteiger partial charge on any atom is 0.254 e. The summed E-state index contributed by atoms with van der Waals surface area (Å²) in [4.78, 5) is 42.0. The van der Waals surface area contributed by atoms with Crippen LogP contribution >= 0.6 is 11.6 Å². The lowest BCUT2D eigenvalue weighted by atomic mass is 9.95. The number of amides is 2. The summed E-state index contributed by atoms with van der Waals surface area (Å²) < 4.78 is 1.25. The normalized spacial score (nSPS) is 14.5. The summed E-state index contributed by atoms with van der Waals surface area (Å²) in [6, 6.07) is 8.34. The molecule has 162 valence electrons. The number of hydrogen-bond donors (Lipinski definition) is 2. The second-order valence-corrected chi connectivity index (χ2v) is 9.19. The molecule has 0 atom stereocenters. The zero-order valence-electron chi connectivity index (χ0n) is 17.9. The van der Waals surface area contributed by atoms with Gasteiger partial charge in [-0.1, -0.05) is 32.4 Å². The minimum absolute atomic E-state index is 0.204. The Hall–Kier alpha value is -3.18. The average Bonchev–Trinajstić information content (AvgIpc) is 3.44. The molecule has 0 saturated heterocycles. The van der Waals surface area contributed by atoms with Gasteiger partial charge in [0.05, 0.1) is 17.5 Å². The molecule has 8 nitrogen and oxygen atoms in total. The van der Waals surface area contributed by atoms with Crippen molar-refractivity contribution in [3.63, 3.8) is 0 Å². The highest BCUT2D eigenvalue weighted by molar-refractivity contribution is 6.31. The quantitative estimate of drug-likeness (QED) is 0.739. The Labute approximate surface area is 185 Å². The second kappa shape index (κ2) is 8.16. The van der Waals surface area contributed by atoms with Crippen LogP contribution in [0.25, 0.3) is 11.3 Å². The summed E-state index contributed by atoms with van der Waals surface area (Å²) in [5, 5.41) is 15.1. The first kappa shape index (κ1) is 22.5. The SMILES string of the molecule is Cc1nc(-c2ccc(Cl)cc2NC(=O)C(C)(C)C)cc(=O)n1CC(=O)NC1(C#N)CC1. The van der Waals surface area contributed by atoms with Gasteiger partial charge in [0.2, 0.25) is 11.8 Å². The van der Waals surface area contributed by atoms with Gasteiger partial charge in [0.15, 0.2) is 0 Å². The minimum atomic E-state index is -0.800. The second-order valence-electron chi connectivity index (χ2n) is 8.75. The van der Waals surface area contributed by atoms with Crippen LogP contribution in [0.5, 0.6) is 0 Å². The molecule has 1 fully saturated rings. The first-order valence-corrected chi connectivity index (χ1v) is 10.2. The highest BCUT2D eigenvalue weighted by Crippen LogP contribution is 2.34. The molecule has 31 heavy (non-hydrogen) atoms. The summed E-state index contributed by atoms with van der Waals surface area (Å²) in [7, 11) is 0. The van der Waals surface area contributed by atoms with Gasteiger partial charge in [-0.2, -0.15) is 5.26 Å². The zero-order chi connectivity index (χ0) is 23.0. The standard InChI is InChI=1S/C22H24ClN5O3/c1-13-25-17(10-19(30)28(13)11-18(29)27-22(12-24)7-8-22)15-6-5-14(23)9-16(15)26-20(31)21(2,3)4/h5-6,9-10H,7-8,11H2,1-4H3,(H,26,31)(H,27,29). The summed E-state index contributed by atoms with van der Waals surface area (Å²) in [6.45, 7) is 6.77. The van der Waals surface area contributed by atoms with E-state index in [1.165, 1.54) is 10.6 Å². The van der Waals surface area contributed by atoms with Crippen molar-refractivity contribution in [1.29, 1.82) is 5.26 Å². The van der Waals surface area contributed by atoms with E-state index in [4.69, 9.17) is 16.9 Å². The molecule has 0 aliphatic heterocycles. The van der Waals surface area contributed by atoms with Crippen molar-refractivity contribution in [2.45, 2.75) is 52.6 Å². The molecule has 1 saturated carbocycles. The number of nitrogens with zero attached hydrogens (tertiary/aromatic N) is 3.